The fourth-order valence-corrected chi connectivity index (χ4v) is 4.45. The molecule has 0 N–H and O–H groups in total. The van der Waals surface area contributed by atoms with Gasteiger partial charge in [-0.25, -0.2) is 14.5 Å². The number of benzene rings is 1. The number of aryl methyl sites for hydroxylation is 1. The number of rotatable bonds is 2. The van der Waals surface area contributed by atoms with Crippen LogP contribution < -0.4 is 0 Å². The molecule has 0 saturated heterocycles. The molecule has 0 aliphatic heterocycles. The minimum absolute atomic E-state index is 0.465. The first-order valence-corrected chi connectivity index (χ1v) is 8.75. The van der Waals surface area contributed by atoms with Gasteiger partial charge < -0.3 is 0 Å². The lowest BCUT2D eigenvalue weighted by molar-refractivity contribution is 0.906. The lowest BCUT2D eigenvalue weighted by Gasteiger charge is -2.04. The number of nitrogens with zero attached hydrogens (tertiary/aromatic N) is 4. The molecule has 0 radical (unpaired) electrons. The van der Waals surface area contributed by atoms with Crippen LogP contribution in [0.4, 0.5) is 0 Å². The van der Waals surface area contributed by atoms with Crippen LogP contribution in [0.2, 0.25) is 5.15 Å². The minimum atomic E-state index is 0.465. The molecule has 1 saturated carbocycles. The molecule has 2 atom stereocenters. The molecular weight excluding hydrogens is 328 g/mol. The highest BCUT2D eigenvalue weighted by Gasteiger charge is 2.41. The SMILES string of the molecule is Cc1nc2ccc([C@H]3CC3c3cc(Cl)nn4ccnc34)cc2s1. The maximum atomic E-state index is 6.16. The van der Waals surface area contributed by atoms with Gasteiger partial charge >= 0.3 is 0 Å². The van der Waals surface area contributed by atoms with Gasteiger partial charge in [0, 0.05) is 18.0 Å². The van der Waals surface area contributed by atoms with Gasteiger partial charge in [-0.1, -0.05) is 17.7 Å². The Kier molecular flexibility index (Phi) is 2.78. The van der Waals surface area contributed by atoms with E-state index in [1.807, 2.05) is 12.3 Å². The van der Waals surface area contributed by atoms with E-state index in [1.54, 1.807) is 22.0 Å². The molecular formula is C17H13ClN4S. The summed E-state index contributed by atoms with van der Waals surface area (Å²) in [5, 5.41) is 5.89. The van der Waals surface area contributed by atoms with Gasteiger partial charge in [0.05, 0.1) is 15.2 Å². The summed E-state index contributed by atoms with van der Waals surface area (Å²) in [5.74, 6) is 0.993. The van der Waals surface area contributed by atoms with E-state index in [0.29, 0.717) is 17.0 Å². The molecule has 1 fully saturated rings. The standard InChI is InChI=1S/C17H13ClN4S/c1-9-20-14-3-2-10(6-15(14)23-9)11-7-12(11)13-8-16(18)21-22-5-4-19-17(13)22/h2-6,8,11-12H,7H2,1H3/t11-,12?/m1/s1. The third kappa shape index (κ3) is 2.15. The normalized spacial score (nSPS) is 20.4. The van der Waals surface area contributed by atoms with Crippen molar-refractivity contribution in [3.8, 4) is 0 Å². The van der Waals surface area contributed by atoms with Crippen molar-refractivity contribution < 1.29 is 0 Å². The van der Waals surface area contributed by atoms with E-state index in [1.165, 1.54) is 15.8 Å². The molecule has 5 rings (SSSR count). The summed E-state index contributed by atoms with van der Waals surface area (Å²) < 4.78 is 3.03. The highest BCUT2D eigenvalue weighted by atomic mass is 35.5. The van der Waals surface area contributed by atoms with Crippen molar-refractivity contribution in [2.45, 2.75) is 25.2 Å². The Labute approximate surface area is 141 Å². The maximum Gasteiger partial charge on any atom is 0.157 e. The van der Waals surface area contributed by atoms with E-state index in [-0.39, 0.29) is 0 Å². The van der Waals surface area contributed by atoms with E-state index >= 15 is 0 Å². The van der Waals surface area contributed by atoms with Crippen molar-refractivity contribution in [1.29, 1.82) is 0 Å². The van der Waals surface area contributed by atoms with Crippen LogP contribution >= 0.6 is 22.9 Å². The first kappa shape index (κ1) is 13.5. The average Bonchev–Trinajstić information content (AvgIpc) is 3.01. The number of fused-ring (bicyclic) bond motifs is 2. The van der Waals surface area contributed by atoms with E-state index in [0.717, 1.165) is 22.6 Å². The smallest absolute Gasteiger partial charge is 0.157 e. The van der Waals surface area contributed by atoms with Gasteiger partial charge in [-0.3, -0.25) is 0 Å². The fourth-order valence-electron chi connectivity index (χ4n) is 3.38. The Morgan fingerprint density at radius 3 is 3.09 bits per heavy atom. The zero-order chi connectivity index (χ0) is 15.6. The van der Waals surface area contributed by atoms with Crippen LogP contribution in [-0.4, -0.2) is 19.6 Å². The van der Waals surface area contributed by atoms with Crippen LogP contribution in [0.5, 0.6) is 0 Å². The molecule has 4 nitrogen and oxygen atoms in total. The van der Waals surface area contributed by atoms with Crippen LogP contribution in [0.1, 0.15) is 34.4 Å². The molecule has 1 unspecified atom stereocenters. The second-order valence-corrected chi connectivity index (χ2v) is 7.65. The summed E-state index contributed by atoms with van der Waals surface area (Å²) in [6.45, 7) is 2.05. The Morgan fingerprint density at radius 1 is 1.26 bits per heavy atom. The summed E-state index contributed by atoms with van der Waals surface area (Å²) in [7, 11) is 0. The van der Waals surface area contributed by atoms with Crippen LogP contribution in [0.3, 0.4) is 0 Å². The van der Waals surface area contributed by atoms with Crippen molar-refractivity contribution in [2.24, 2.45) is 0 Å². The first-order valence-electron chi connectivity index (χ1n) is 7.56. The summed E-state index contributed by atoms with van der Waals surface area (Å²) in [6, 6.07) is 8.59. The van der Waals surface area contributed by atoms with Crippen LogP contribution in [0.15, 0.2) is 36.7 Å². The van der Waals surface area contributed by atoms with Gasteiger partial charge in [-0.2, -0.15) is 5.10 Å². The molecule has 3 aromatic heterocycles. The first-order chi connectivity index (χ1) is 11.2. The van der Waals surface area contributed by atoms with Gasteiger partial charge in [0.2, 0.25) is 0 Å². The monoisotopic (exact) mass is 340 g/mol. The number of hydrogen-bond acceptors (Lipinski definition) is 4. The minimum Gasteiger partial charge on any atom is -0.242 e. The maximum absolute atomic E-state index is 6.16. The van der Waals surface area contributed by atoms with Gasteiger partial charge in [0.1, 0.15) is 5.15 Å². The molecule has 1 aliphatic rings. The Balaban J connectivity index is 1.55. The second-order valence-electron chi connectivity index (χ2n) is 6.03. The molecule has 0 amide bonds. The van der Waals surface area contributed by atoms with Gasteiger partial charge in [-0.15, -0.1) is 11.3 Å². The predicted molar refractivity (Wildman–Crippen MR) is 92.5 cm³/mol. The highest BCUT2D eigenvalue weighted by molar-refractivity contribution is 7.18. The molecule has 114 valence electrons. The van der Waals surface area contributed by atoms with Gasteiger partial charge in [-0.05, 0) is 48.9 Å². The molecule has 23 heavy (non-hydrogen) atoms. The third-order valence-electron chi connectivity index (χ3n) is 4.50. The number of thiazole rings is 1. The number of halogens is 1. The molecule has 1 aromatic carbocycles. The fraction of sp³-hybridized carbons (Fsp3) is 0.235. The van der Waals surface area contributed by atoms with Crippen LogP contribution in [0.25, 0.3) is 15.9 Å². The van der Waals surface area contributed by atoms with Crippen molar-refractivity contribution in [3.63, 3.8) is 0 Å². The number of imidazole rings is 1. The predicted octanol–water partition coefficient (Wildman–Crippen LogP) is 4.57. The average molecular weight is 341 g/mol. The van der Waals surface area contributed by atoms with Crippen molar-refractivity contribution in [2.75, 3.05) is 0 Å². The molecule has 1 aliphatic carbocycles. The summed E-state index contributed by atoms with van der Waals surface area (Å²) in [6.07, 6.45) is 4.74. The quantitative estimate of drug-likeness (QED) is 0.536. The highest BCUT2D eigenvalue weighted by Crippen LogP contribution is 2.56. The largest absolute Gasteiger partial charge is 0.242 e. The van der Waals surface area contributed by atoms with Crippen molar-refractivity contribution in [1.82, 2.24) is 19.6 Å². The van der Waals surface area contributed by atoms with Crippen molar-refractivity contribution >= 4 is 38.8 Å². The van der Waals surface area contributed by atoms with E-state index < -0.39 is 0 Å². The summed E-state index contributed by atoms with van der Waals surface area (Å²) in [4.78, 5) is 8.97. The second kappa shape index (κ2) is 4.76. The molecule has 3 heterocycles. The molecule has 0 spiro atoms. The lowest BCUT2D eigenvalue weighted by atomic mass is 10.1. The third-order valence-corrected chi connectivity index (χ3v) is 5.61. The van der Waals surface area contributed by atoms with E-state index in [2.05, 4.69) is 40.2 Å². The Morgan fingerprint density at radius 2 is 2.17 bits per heavy atom. The molecule has 0 bridgehead atoms. The van der Waals surface area contributed by atoms with Gasteiger partial charge in [0.15, 0.2) is 5.65 Å². The zero-order valence-electron chi connectivity index (χ0n) is 12.4. The summed E-state index contributed by atoms with van der Waals surface area (Å²) >= 11 is 7.92. The Hall–Kier alpha value is -1.98. The molecule has 4 aromatic rings. The number of aromatic nitrogens is 4. The molecule has 6 heteroatoms. The topological polar surface area (TPSA) is 43.1 Å². The van der Waals surface area contributed by atoms with E-state index in [4.69, 9.17) is 11.6 Å². The lowest BCUT2D eigenvalue weighted by Crippen LogP contribution is -1.96. The van der Waals surface area contributed by atoms with Crippen LogP contribution in [-0.2, 0) is 0 Å². The van der Waals surface area contributed by atoms with Crippen molar-refractivity contribution in [3.05, 3.63) is 57.9 Å². The van der Waals surface area contributed by atoms with E-state index in [9.17, 15) is 0 Å². The van der Waals surface area contributed by atoms with Gasteiger partial charge in [0.25, 0.3) is 0 Å². The van der Waals surface area contributed by atoms with Crippen LogP contribution in [0, 0.1) is 6.92 Å². The zero-order valence-corrected chi connectivity index (χ0v) is 14.0. The summed E-state index contributed by atoms with van der Waals surface area (Å²) in [5.41, 5.74) is 4.58. The number of hydrogen-bond donors (Lipinski definition) is 0. The Bertz CT molecular complexity index is 1050.